The van der Waals surface area contributed by atoms with Crippen LogP contribution in [0.15, 0.2) is 86.8 Å². The topological polar surface area (TPSA) is 47.3 Å². The van der Waals surface area contributed by atoms with Gasteiger partial charge in [0.2, 0.25) is 0 Å². The van der Waals surface area contributed by atoms with Crippen LogP contribution in [-0.4, -0.2) is 0 Å². The summed E-state index contributed by atoms with van der Waals surface area (Å²) >= 11 is 0. The highest BCUT2D eigenvalue weighted by atomic mass is 16.4. The molecule has 0 bridgehead atoms. The zero-order chi connectivity index (χ0) is 17.0. The Kier molecular flexibility index (Phi) is 2.80. The molecular weight excluding hydrogens is 312 g/mol. The summed E-state index contributed by atoms with van der Waals surface area (Å²) in [6.45, 7) is 0. The van der Waals surface area contributed by atoms with Crippen LogP contribution in [0, 0.1) is 0 Å². The summed E-state index contributed by atoms with van der Waals surface area (Å²) in [6.07, 6.45) is 0. The summed E-state index contributed by atoms with van der Waals surface area (Å²) in [5, 5.41) is 6.27. The summed E-state index contributed by atoms with van der Waals surface area (Å²) in [4.78, 5) is 25.0. The van der Waals surface area contributed by atoms with E-state index < -0.39 is 11.3 Å². The Morgan fingerprint density at radius 2 is 0.920 bits per heavy atom. The molecule has 0 fully saturated rings. The van der Waals surface area contributed by atoms with Crippen molar-refractivity contribution in [2.45, 2.75) is 0 Å². The van der Waals surface area contributed by atoms with Crippen molar-refractivity contribution in [2.24, 2.45) is 0 Å². The molecule has 0 spiro atoms. The van der Waals surface area contributed by atoms with Crippen LogP contribution < -0.4 is 11.3 Å². The van der Waals surface area contributed by atoms with Gasteiger partial charge in [0, 0.05) is 10.8 Å². The largest absolute Gasteiger partial charge is 0.386 e. The molecule has 0 N–H and O–H groups in total. The number of benzene rings is 4. The van der Waals surface area contributed by atoms with E-state index in [9.17, 15) is 9.59 Å². The quantitative estimate of drug-likeness (QED) is 0.418. The van der Waals surface area contributed by atoms with Gasteiger partial charge in [-0.05, 0) is 33.7 Å². The first-order chi connectivity index (χ1) is 12.2. The molecule has 25 heavy (non-hydrogen) atoms. The van der Waals surface area contributed by atoms with Gasteiger partial charge in [-0.3, -0.25) is 0 Å². The van der Waals surface area contributed by atoms with Gasteiger partial charge >= 0.3 is 11.3 Å². The van der Waals surface area contributed by atoms with Gasteiger partial charge in [-0.1, -0.05) is 60.7 Å². The molecular formula is C22H12O3. The minimum absolute atomic E-state index is 0.419. The van der Waals surface area contributed by atoms with Crippen molar-refractivity contribution in [2.75, 3.05) is 0 Å². The lowest BCUT2D eigenvalue weighted by atomic mass is 9.96. The van der Waals surface area contributed by atoms with E-state index in [1.165, 1.54) is 0 Å². The fourth-order valence-corrected chi connectivity index (χ4v) is 3.62. The molecule has 0 saturated carbocycles. The van der Waals surface area contributed by atoms with Gasteiger partial charge in [-0.25, -0.2) is 9.59 Å². The van der Waals surface area contributed by atoms with Gasteiger partial charge in [0.05, 0.1) is 10.8 Å². The van der Waals surface area contributed by atoms with Crippen molar-refractivity contribution in [3.63, 3.8) is 0 Å². The van der Waals surface area contributed by atoms with Crippen molar-refractivity contribution < 1.29 is 4.42 Å². The van der Waals surface area contributed by atoms with Crippen molar-refractivity contribution in [3.05, 3.63) is 93.6 Å². The molecule has 1 heterocycles. The Labute approximate surface area is 141 Å². The van der Waals surface area contributed by atoms with Crippen molar-refractivity contribution in [3.8, 4) is 0 Å². The summed E-state index contributed by atoms with van der Waals surface area (Å²) in [5.74, 6) is 0. The third kappa shape index (κ3) is 1.93. The Bertz CT molecular complexity index is 1320. The van der Waals surface area contributed by atoms with Crippen molar-refractivity contribution in [1.82, 2.24) is 0 Å². The van der Waals surface area contributed by atoms with Crippen LogP contribution in [0.5, 0.6) is 0 Å². The molecule has 0 radical (unpaired) electrons. The van der Waals surface area contributed by atoms with E-state index >= 15 is 0 Å². The third-order valence-electron chi connectivity index (χ3n) is 4.73. The predicted octanol–water partition coefficient (Wildman–Crippen LogP) is 4.61. The second kappa shape index (κ2) is 5.02. The van der Waals surface area contributed by atoms with E-state index in [-0.39, 0.29) is 0 Å². The van der Waals surface area contributed by atoms with Crippen molar-refractivity contribution in [1.29, 1.82) is 0 Å². The van der Waals surface area contributed by atoms with Crippen molar-refractivity contribution >= 4 is 43.1 Å². The van der Waals surface area contributed by atoms with E-state index in [4.69, 9.17) is 4.42 Å². The molecule has 0 aliphatic carbocycles. The molecule has 4 aromatic carbocycles. The lowest BCUT2D eigenvalue weighted by Gasteiger charge is -2.06. The highest BCUT2D eigenvalue weighted by Gasteiger charge is 2.13. The highest BCUT2D eigenvalue weighted by molar-refractivity contribution is 6.26. The smallest absolute Gasteiger partial charge is 0.346 e. The molecule has 0 atom stereocenters. The van der Waals surface area contributed by atoms with Gasteiger partial charge in [0.15, 0.2) is 0 Å². The minimum Gasteiger partial charge on any atom is -0.386 e. The summed E-state index contributed by atoms with van der Waals surface area (Å²) < 4.78 is 5.08. The SMILES string of the molecule is O=c1oc(=O)c2ccc3ccccc3c2c2c1ccc1ccccc12. The maximum Gasteiger partial charge on any atom is 0.346 e. The van der Waals surface area contributed by atoms with Crippen LogP contribution in [0.2, 0.25) is 0 Å². The van der Waals surface area contributed by atoms with Gasteiger partial charge in [0.25, 0.3) is 0 Å². The lowest BCUT2D eigenvalue weighted by Crippen LogP contribution is -2.04. The van der Waals surface area contributed by atoms with E-state index in [0.717, 1.165) is 32.3 Å². The molecule has 3 heteroatoms. The second-order valence-corrected chi connectivity index (χ2v) is 6.10. The molecule has 0 unspecified atom stereocenters. The van der Waals surface area contributed by atoms with Crippen LogP contribution in [0.1, 0.15) is 0 Å². The van der Waals surface area contributed by atoms with Crippen LogP contribution in [0.3, 0.4) is 0 Å². The fraction of sp³-hybridized carbons (Fsp3) is 0. The molecule has 1 aromatic heterocycles. The molecule has 0 amide bonds. The average molecular weight is 324 g/mol. The van der Waals surface area contributed by atoms with Gasteiger partial charge in [0.1, 0.15) is 0 Å². The van der Waals surface area contributed by atoms with E-state index in [1.807, 2.05) is 60.7 Å². The Morgan fingerprint density at radius 1 is 0.480 bits per heavy atom. The lowest BCUT2D eigenvalue weighted by molar-refractivity contribution is 0.491. The van der Waals surface area contributed by atoms with E-state index in [1.54, 1.807) is 12.1 Å². The van der Waals surface area contributed by atoms with Gasteiger partial charge < -0.3 is 4.42 Å². The number of rotatable bonds is 0. The molecule has 0 aliphatic heterocycles. The number of hydrogen-bond donors (Lipinski definition) is 0. The molecule has 3 nitrogen and oxygen atoms in total. The molecule has 5 rings (SSSR count). The van der Waals surface area contributed by atoms with Crippen LogP contribution >= 0.6 is 0 Å². The minimum atomic E-state index is -0.606. The first-order valence-corrected chi connectivity index (χ1v) is 8.04. The zero-order valence-corrected chi connectivity index (χ0v) is 13.2. The van der Waals surface area contributed by atoms with Gasteiger partial charge in [-0.2, -0.15) is 0 Å². The first kappa shape index (κ1) is 13.9. The number of fused-ring (bicyclic) bond motifs is 7. The zero-order valence-electron chi connectivity index (χ0n) is 13.2. The molecule has 118 valence electrons. The first-order valence-electron chi connectivity index (χ1n) is 8.04. The summed E-state index contributed by atoms with van der Waals surface area (Å²) in [5.41, 5.74) is -1.21. The molecule has 0 aliphatic rings. The molecule has 5 aromatic rings. The third-order valence-corrected chi connectivity index (χ3v) is 4.73. The second-order valence-electron chi connectivity index (χ2n) is 6.10. The monoisotopic (exact) mass is 324 g/mol. The summed E-state index contributed by atoms with van der Waals surface area (Å²) in [6, 6.07) is 23.0. The maximum absolute atomic E-state index is 12.5. The normalized spacial score (nSPS) is 11.5. The van der Waals surface area contributed by atoms with Gasteiger partial charge in [-0.15, -0.1) is 0 Å². The summed E-state index contributed by atoms with van der Waals surface area (Å²) in [7, 11) is 0. The fourth-order valence-electron chi connectivity index (χ4n) is 3.62. The standard InChI is InChI=1S/C22H12O3/c23-21-17-11-9-13-5-1-3-7-15(13)19(17)20-16-8-4-2-6-14(16)10-12-18(20)22(24)25-21/h1-12H. The molecule has 0 saturated heterocycles. The Morgan fingerprint density at radius 3 is 1.40 bits per heavy atom. The average Bonchev–Trinajstić information content (AvgIpc) is 2.76. The van der Waals surface area contributed by atoms with E-state index in [0.29, 0.717) is 10.8 Å². The Balaban J connectivity index is 2.32. The van der Waals surface area contributed by atoms with Crippen LogP contribution in [-0.2, 0) is 0 Å². The Hall–Kier alpha value is -3.46. The van der Waals surface area contributed by atoms with Crippen LogP contribution in [0.4, 0.5) is 0 Å². The predicted molar refractivity (Wildman–Crippen MR) is 101 cm³/mol. The van der Waals surface area contributed by atoms with Crippen LogP contribution in [0.25, 0.3) is 43.1 Å². The number of hydrogen-bond acceptors (Lipinski definition) is 3. The maximum atomic E-state index is 12.5. The van der Waals surface area contributed by atoms with E-state index in [2.05, 4.69) is 0 Å². The highest BCUT2D eigenvalue weighted by Crippen LogP contribution is 2.33.